The summed E-state index contributed by atoms with van der Waals surface area (Å²) in [6.07, 6.45) is 2.34. The molecule has 0 spiro atoms. The minimum absolute atomic E-state index is 0.0217. The molecule has 2 amide bonds. The smallest absolute Gasteiger partial charge is 0.228 e. The molecule has 0 radical (unpaired) electrons. The van der Waals surface area contributed by atoms with Crippen molar-refractivity contribution in [3.8, 4) is 0 Å². The fraction of sp³-hybridized carbons (Fsp3) is 0.556. The average Bonchev–Trinajstić information content (AvgIpc) is 2.97. The zero-order valence-corrected chi connectivity index (χ0v) is 14.8. The van der Waals surface area contributed by atoms with Crippen molar-refractivity contribution >= 4 is 29.1 Å². The van der Waals surface area contributed by atoms with E-state index in [1.807, 2.05) is 30.1 Å². The number of likely N-dealkylation sites (tertiary alicyclic amines) is 1. The largest absolute Gasteiger partial charge is 0.342 e. The van der Waals surface area contributed by atoms with Gasteiger partial charge in [0.25, 0.3) is 0 Å². The third-order valence-corrected chi connectivity index (χ3v) is 5.36. The van der Waals surface area contributed by atoms with E-state index in [1.165, 1.54) is 0 Å². The highest BCUT2D eigenvalue weighted by Crippen LogP contribution is 2.32. The standard InChI is InChI=1S/C18H24ClN3O2/c1-20-11-13-6-8-21(9-7-13)18(24)14-10-17(23)22(12-14)16-5-3-2-4-15(16)19/h2-5,13-14,20H,6-12H2,1H3. The van der Waals surface area contributed by atoms with Crippen LogP contribution in [0.4, 0.5) is 5.69 Å². The Morgan fingerprint density at radius 1 is 1.29 bits per heavy atom. The molecule has 1 N–H and O–H groups in total. The first-order valence-electron chi connectivity index (χ1n) is 8.58. The summed E-state index contributed by atoms with van der Waals surface area (Å²) >= 11 is 6.20. The number of nitrogens with one attached hydrogen (secondary N) is 1. The minimum Gasteiger partial charge on any atom is -0.342 e. The van der Waals surface area contributed by atoms with Gasteiger partial charge in [-0.05, 0) is 44.5 Å². The van der Waals surface area contributed by atoms with Gasteiger partial charge in [-0.2, -0.15) is 0 Å². The lowest BCUT2D eigenvalue weighted by Gasteiger charge is -2.33. The first-order chi connectivity index (χ1) is 11.6. The van der Waals surface area contributed by atoms with Crippen molar-refractivity contribution in [3.05, 3.63) is 29.3 Å². The third-order valence-electron chi connectivity index (χ3n) is 5.04. The fourth-order valence-electron chi connectivity index (χ4n) is 3.68. The Bertz CT molecular complexity index is 614. The number of para-hydroxylation sites is 1. The molecule has 2 saturated heterocycles. The Kier molecular flexibility index (Phi) is 5.41. The molecule has 0 aromatic heterocycles. The molecule has 0 aliphatic carbocycles. The van der Waals surface area contributed by atoms with Crippen molar-refractivity contribution < 1.29 is 9.59 Å². The molecule has 0 bridgehead atoms. The van der Waals surface area contributed by atoms with E-state index in [1.54, 1.807) is 11.0 Å². The van der Waals surface area contributed by atoms with Crippen LogP contribution in [-0.4, -0.2) is 49.9 Å². The predicted molar refractivity (Wildman–Crippen MR) is 95.1 cm³/mol. The Labute approximate surface area is 147 Å². The van der Waals surface area contributed by atoms with Crippen LogP contribution in [0.5, 0.6) is 0 Å². The lowest BCUT2D eigenvalue weighted by atomic mass is 9.95. The van der Waals surface area contributed by atoms with Gasteiger partial charge in [-0.15, -0.1) is 0 Å². The second-order valence-corrected chi connectivity index (χ2v) is 7.09. The molecule has 1 aromatic rings. The van der Waals surface area contributed by atoms with Crippen molar-refractivity contribution in [1.82, 2.24) is 10.2 Å². The van der Waals surface area contributed by atoms with Crippen LogP contribution in [0.1, 0.15) is 19.3 Å². The van der Waals surface area contributed by atoms with Crippen molar-refractivity contribution in [1.29, 1.82) is 0 Å². The monoisotopic (exact) mass is 349 g/mol. The maximum atomic E-state index is 12.8. The number of rotatable bonds is 4. The Hall–Kier alpha value is -1.59. The number of benzene rings is 1. The van der Waals surface area contributed by atoms with Crippen LogP contribution in [0.2, 0.25) is 5.02 Å². The van der Waals surface area contributed by atoms with E-state index in [4.69, 9.17) is 11.6 Å². The molecule has 2 heterocycles. The summed E-state index contributed by atoms with van der Waals surface area (Å²) in [5.74, 6) is 0.478. The van der Waals surface area contributed by atoms with Crippen LogP contribution < -0.4 is 10.2 Å². The number of piperidine rings is 1. The van der Waals surface area contributed by atoms with Gasteiger partial charge in [-0.3, -0.25) is 9.59 Å². The Morgan fingerprint density at radius 3 is 2.67 bits per heavy atom. The molecule has 2 aliphatic rings. The topological polar surface area (TPSA) is 52.7 Å². The van der Waals surface area contributed by atoms with E-state index in [0.29, 0.717) is 23.2 Å². The molecule has 3 rings (SSSR count). The third kappa shape index (κ3) is 3.57. The zero-order chi connectivity index (χ0) is 17.1. The molecule has 1 atom stereocenters. The average molecular weight is 350 g/mol. The maximum Gasteiger partial charge on any atom is 0.228 e. The van der Waals surface area contributed by atoms with Gasteiger partial charge in [0.05, 0.1) is 16.6 Å². The number of amides is 2. The summed E-state index contributed by atoms with van der Waals surface area (Å²) < 4.78 is 0. The van der Waals surface area contributed by atoms with Gasteiger partial charge in [0.1, 0.15) is 0 Å². The van der Waals surface area contributed by atoms with Crippen molar-refractivity contribution in [2.45, 2.75) is 19.3 Å². The molecule has 2 fully saturated rings. The summed E-state index contributed by atoms with van der Waals surface area (Å²) in [5, 5.41) is 3.75. The first kappa shape index (κ1) is 17.2. The Balaban J connectivity index is 1.62. The van der Waals surface area contributed by atoms with Gasteiger partial charge in [-0.1, -0.05) is 23.7 Å². The molecule has 0 saturated carbocycles. The quantitative estimate of drug-likeness (QED) is 0.906. The van der Waals surface area contributed by atoms with Gasteiger partial charge < -0.3 is 15.1 Å². The van der Waals surface area contributed by atoms with E-state index in [0.717, 1.165) is 32.5 Å². The molecular weight excluding hydrogens is 326 g/mol. The number of hydrogen-bond acceptors (Lipinski definition) is 3. The lowest BCUT2D eigenvalue weighted by Crippen LogP contribution is -2.43. The molecule has 2 aliphatic heterocycles. The number of nitrogens with zero attached hydrogens (tertiary/aromatic N) is 2. The fourth-order valence-corrected chi connectivity index (χ4v) is 3.92. The van der Waals surface area contributed by atoms with Crippen molar-refractivity contribution in [3.63, 3.8) is 0 Å². The van der Waals surface area contributed by atoms with E-state index in [9.17, 15) is 9.59 Å². The summed E-state index contributed by atoms with van der Waals surface area (Å²) in [6, 6.07) is 7.29. The minimum atomic E-state index is -0.255. The number of anilines is 1. The number of halogens is 1. The SMILES string of the molecule is CNCC1CCN(C(=O)C2CC(=O)N(c3ccccc3Cl)C2)CC1. The highest BCUT2D eigenvalue weighted by Gasteiger charge is 2.38. The summed E-state index contributed by atoms with van der Waals surface area (Å²) in [7, 11) is 1.96. The normalized spacial score (nSPS) is 22.2. The highest BCUT2D eigenvalue weighted by atomic mass is 35.5. The van der Waals surface area contributed by atoms with Gasteiger partial charge >= 0.3 is 0 Å². The van der Waals surface area contributed by atoms with Crippen LogP contribution in [0.3, 0.4) is 0 Å². The van der Waals surface area contributed by atoms with Gasteiger partial charge in [-0.25, -0.2) is 0 Å². The molecular formula is C18H24ClN3O2. The van der Waals surface area contributed by atoms with Crippen LogP contribution in [-0.2, 0) is 9.59 Å². The van der Waals surface area contributed by atoms with Gasteiger partial charge in [0.2, 0.25) is 11.8 Å². The van der Waals surface area contributed by atoms with Crippen molar-refractivity contribution in [2.75, 3.05) is 38.1 Å². The van der Waals surface area contributed by atoms with E-state index >= 15 is 0 Å². The second-order valence-electron chi connectivity index (χ2n) is 6.68. The van der Waals surface area contributed by atoms with E-state index in [2.05, 4.69) is 5.32 Å². The lowest BCUT2D eigenvalue weighted by molar-refractivity contribution is -0.137. The van der Waals surface area contributed by atoms with E-state index in [-0.39, 0.29) is 24.2 Å². The predicted octanol–water partition coefficient (Wildman–Crippen LogP) is 2.15. The summed E-state index contributed by atoms with van der Waals surface area (Å²) in [4.78, 5) is 28.7. The van der Waals surface area contributed by atoms with Crippen LogP contribution >= 0.6 is 11.6 Å². The van der Waals surface area contributed by atoms with Crippen LogP contribution in [0.25, 0.3) is 0 Å². The number of hydrogen-bond donors (Lipinski definition) is 1. The molecule has 24 heavy (non-hydrogen) atoms. The summed E-state index contributed by atoms with van der Waals surface area (Å²) in [5.41, 5.74) is 0.701. The van der Waals surface area contributed by atoms with Gasteiger partial charge in [0, 0.05) is 26.1 Å². The molecule has 1 unspecified atom stereocenters. The number of carbonyl (C=O) groups is 2. The second kappa shape index (κ2) is 7.53. The Morgan fingerprint density at radius 2 is 2.00 bits per heavy atom. The molecule has 130 valence electrons. The van der Waals surface area contributed by atoms with E-state index < -0.39 is 0 Å². The maximum absolute atomic E-state index is 12.8. The van der Waals surface area contributed by atoms with Crippen molar-refractivity contribution in [2.24, 2.45) is 11.8 Å². The first-order valence-corrected chi connectivity index (χ1v) is 8.96. The molecule has 6 heteroatoms. The molecule has 5 nitrogen and oxygen atoms in total. The van der Waals surface area contributed by atoms with Crippen LogP contribution in [0, 0.1) is 11.8 Å². The van der Waals surface area contributed by atoms with Crippen LogP contribution in [0.15, 0.2) is 24.3 Å². The number of carbonyl (C=O) groups excluding carboxylic acids is 2. The van der Waals surface area contributed by atoms with Gasteiger partial charge in [0.15, 0.2) is 0 Å². The zero-order valence-electron chi connectivity index (χ0n) is 14.0. The highest BCUT2D eigenvalue weighted by molar-refractivity contribution is 6.33. The summed E-state index contributed by atoms with van der Waals surface area (Å²) in [6.45, 7) is 3.02. The molecule has 1 aromatic carbocycles.